The van der Waals surface area contributed by atoms with E-state index in [1.54, 1.807) is 7.11 Å². The minimum Gasteiger partial charge on any atom is -0.389 e. The smallest absolute Gasteiger partial charge is 0.0916 e. The fourth-order valence-electron chi connectivity index (χ4n) is 1.96. The third-order valence-corrected chi connectivity index (χ3v) is 2.97. The third-order valence-electron chi connectivity index (χ3n) is 2.97. The Bertz CT molecular complexity index is 356. The number of methoxy groups -OCH3 is 1. The topological polar surface area (TPSA) is 79.0 Å². The fraction of sp³-hybridized carbons (Fsp3) is 0.571. The summed E-state index contributed by atoms with van der Waals surface area (Å²) in [5, 5.41) is 19.7. The van der Waals surface area contributed by atoms with E-state index in [1.165, 1.54) is 0 Å². The summed E-state index contributed by atoms with van der Waals surface area (Å²) in [6.45, 7) is 1.72. The van der Waals surface area contributed by atoms with Gasteiger partial charge in [0.15, 0.2) is 0 Å². The monoisotopic (exact) mass is 268 g/mol. The SMILES string of the molecule is COCC(O)CN(C)CC(O)c1ccc(CN)cc1. The zero-order valence-electron chi connectivity index (χ0n) is 11.6. The molecule has 0 bridgehead atoms. The van der Waals surface area contributed by atoms with Crippen LogP contribution in [0.25, 0.3) is 0 Å². The van der Waals surface area contributed by atoms with Gasteiger partial charge in [0.2, 0.25) is 0 Å². The van der Waals surface area contributed by atoms with Crippen LogP contribution in [0, 0.1) is 0 Å². The summed E-state index contributed by atoms with van der Waals surface area (Å²) in [4.78, 5) is 1.88. The van der Waals surface area contributed by atoms with E-state index >= 15 is 0 Å². The zero-order chi connectivity index (χ0) is 14.3. The zero-order valence-corrected chi connectivity index (χ0v) is 11.6. The molecule has 19 heavy (non-hydrogen) atoms. The van der Waals surface area contributed by atoms with Gasteiger partial charge in [0.25, 0.3) is 0 Å². The van der Waals surface area contributed by atoms with Gasteiger partial charge in [-0.1, -0.05) is 24.3 Å². The van der Waals surface area contributed by atoms with Crippen LogP contribution < -0.4 is 5.73 Å². The molecular formula is C14H24N2O3. The lowest BCUT2D eigenvalue weighted by atomic mass is 10.1. The molecule has 0 fully saturated rings. The summed E-state index contributed by atoms with van der Waals surface area (Å²) in [5.74, 6) is 0. The lowest BCUT2D eigenvalue weighted by Crippen LogP contribution is -2.34. The van der Waals surface area contributed by atoms with Crippen LogP contribution in [-0.2, 0) is 11.3 Å². The van der Waals surface area contributed by atoms with E-state index in [9.17, 15) is 10.2 Å². The van der Waals surface area contributed by atoms with E-state index in [-0.39, 0.29) is 0 Å². The standard InChI is InChI=1S/C14H24N2O3/c1-16(8-13(17)10-19-2)9-14(18)12-5-3-11(7-15)4-6-12/h3-6,13-14,17-18H,7-10,15H2,1-2H3. The molecule has 5 nitrogen and oxygen atoms in total. The number of rotatable bonds is 8. The molecule has 4 N–H and O–H groups in total. The number of aliphatic hydroxyl groups excluding tert-OH is 2. The lowest BCUT2D eigenvalue weighted by molar-refractivity contribution is 0.0318. The van der Waals surface area contributed by atoms with Gasteiger partial charge in [-0.25, -0.2) is 0 Å². The summed E-state index contributed by atoms with van der Waals surface area (Å²) >= 11 is 0. The Labute approximate surface area is 114 Å². The second-order valence-electron chi connectivity index (χ2n) is 4.79. The van der Waals surface area contributed by atoms with Crippen LogP contribution in [0.3, 0.4) is 0 Å². The van der Waals surface area contributed by atoms with Gasteiger partial charge in [0, 0.05) is 26.7 Å². The molecule has 2 atom stereocenters. The molecule has 5 heteroatoms. The number of likely N-dealkylation sites (N-methyl/N-ethyl adjacent to an activating group) is 1. The largest absolute Gasteiger partial charge is 0.389 e. The van der Waals surface area contributed by atoms with Crippen LogP contribution >= 0.6 is 0 Å². The van der Waals surface area contributed by atoms with Crippen molar-refractivity contribution in [2.75, 3.05) is 33.9 Å². The van der Waals surface area contributed by atoms with E-state index < -0.39 is 12.2 Å². The summed E-state index contributed by atoms with van der Waals surface area (Å²) in [5.41, 5.74) is 7.42. The first-order valence-electron chi connectivity index (χ1n) is 6.39. The van der Waals surface area contributed by atoms with Crippen LogP contribution in [0.4, 0.5) is 0 Å². The van der Waals surface area contributed by atoms with Crippen molar-refractivity contribution >= 4 is 0 Å². The van der Waals surface area contributed by atoms with Crippen molar-refractivity contribution in [1.29, 1.82) is 0 Å². The first-order valence-corrected chi connectivity index (χ1v) is 6.39. The van der Waals surface area contributed by atoms with Crippen LogP contribution in [0.5, 0.6) is 0 Å². The van der Waals surface area contributed by atoms with Crippen LogP contribution in [0.1, 0.15) is 17.2 Å². The first-order chi connectivity index (χ1) is 9.06. The van der Waals surface area contributed by atoms with Gasteiger partial charge >= 0.3 is 0 Å². The predicted molar refractivity (Wildman–Crippen MR) is 74.7 cm³/mol. The summed E-state index contributed by atoms with van der Waals surface area (Å²) < 4.78 is 4.87. The van der Waals surface area contributed by atoms with Crippen LogP contribution in [-0.4, -0.2) is 55.1 Å². The number of nitrogens with zero attached hydrogens (tertiary/aromatic N) is 1. The van der Waals surface area contributed by atoms with Gasteiger partial charge in [0.1, 0.15) is 0 Å². The van der Waals surface area contributed by atoms with Gasteiger partial charge in [-0.15, -0.1) is 0 Å². The van der Waals surface area contributed by atoms with Gasteiger partial charge in [-0.3, -0.25) is 0 Å². The Morgan fingerprint density at radius 1 is 1.21 bits per heavy atom. The lowest BCUT2D eigenvalue weighted by Gasteiger charge is -2.23. The summed E-state index contributed by atoms with van der Waals surface area (Å²) in [6, 6.07) is 7.59. The van der Waals surface area contributed by atoms with Gasteiger partial charge in [-0.05, 0) is 18.2 Å². The van der Waals surface area contributed by atoms with Crippen LogP contribution in [0.2, 0.25) is 0 Å². The molecule has 108 valence electrons. The summed E-state index contributed by atoms with van der Waals surface area (Å²) in [7, 11) is 3.41. The molecule has 0 saturated heterocycles. The third kappa shape index (κ3) is 5.67. The number of aliphatic hydroxyl groups is 2. The molecule has 0 aliphatic heterocycles. The number of benzene rings is 1. The highest BCUT2D eigenvalue weighted by Crippen LogP contribution is 2.14. The minimum absolute atomic E-state index is 0.297. The van der Waals surface area contributed by atoms with Crippen molar-refractivity contribution in [3.05, 3.63) is 35.4 Å². The number of ether oxygens (including phenoxy) is 1. The molecule has 0 aliphatic rings. The highest BCUT2D eigenvalue weighted by atomic mass is 16.5. The molecule has 0 aliphatic carbocycles. The van der Waals surface area contributed by atoms with Crippen molar-refractivity contribution in [2.45, 2.75) is 18.8 Å². The number of hydrogen-bond acceptors (Lipinski definition) is 5. The highest BCUT2D eigenvalue weighted by Gasteiger charge is 2.13. The van der Waals surface area contributed by atoms with Gasteiger partial charge < -0.3 is 25.6 Å². The van der Waals surface area contributed by atoms with Crippen molar-refractivity contribution in [3.63, 3.8) is 0 Å². The first kappa shape index (κ1) is 16.1. The van der Waals surface area contributed by atoms with E-state index in [2.05, 4.69) is 0 Å². The van der Waals surface area contributed by atoms with E-state index in [0.717, 1.165) is 11.1 Å². The Kier molecular flexibility index (Phi) is 6.97. The number of hydrogen-bond donors (Lipinski definition) is 3. The molecule has 0 radical (unpaired) electrons. The molecule has 0 aromatic heterocycles. The molecule has 1 aromatic rings. The molecule has 0 amide bonds. The molecule has 1 rings (SSSR count). The Balaban J connectivity index is 2.46. The van der Waals surface area contributed by atoms with Gasteiger partial charge in [-0.2, -0.15) is 0 Å². The normalized spacial score (nSPS) is 14.6. The van der Waals surface area contributed by atoms with Crippen molar-refractivity contribution < 1.29 is 14.9 Å². The Morgan fingerprint density at radius 3 is 2.37 bits per heavy atom. The average Bonchev–Trinajstić information content (AvgIpc) is 2.38. The molecule has 0 heterocycles. The van der Waals surface area contributed by atoms with E-state index in [4.69, 9.17) is 10.5 Å². The van der Waals surface area contributed by atoms with Crippen molar-refractivity contribution in [3.8, 4) is 0 Å². The maximum absolute atomic E-state index is 10.1. The second kappa shape index (κ2) is 8.24. The van der Waals surface area contributed by atoms with Crippen molar-refractivity contribution in [1.82, 2.24) is 4.90 Å². The molecular weight excluding hydrogens is 244 g/mol. The van der Waals surface area contributed by atoms with E-state index in [1.807, 2.05) is 36.2 Å². The molecule has 0 saturated carbocycles. The quantitative estimate of drug-likeness (QED) is 0.624. The fourth-order valence-corrected chi connectivity index (χ4v) is 1.96. The minimum atomic E-state index is -0.577. The Hall–Kier alpha value is -0.980. The molecule has 0 spiro atoms. The highest BCUT2D eigenvalue weighted by molar-refractivity contribution is 5.24. The van der Waals surface area contributed by atoms with E-state index in [0.29, 0.717) is 26.2 Å². The molecule has 2 unspecified atom stereocenters. The maximum Gasteiger partial charge on any atom is 0.0916 e. The van der Waals surface area contributed by atoms with Gasteiger partial charge in [0.05, 0.1) is 18.8 Å². The second-order valence-corrected chi connectivity index (χ2v) is 4.79. The Morgan fingerprint density at radius 2 is 1.84 bits per heavy atom. The average molecular weight is 268 g/mol. The van der Waals surface area contributed by atoms with Crippen LogP contribution in [0.15, 0.2) is 24.3 Å². The predicted octanol–water partition coefficient (Wildman–Crippen LogP) is 0.118. The van der Waals surface area contributed by atoms with Crippen molar-refractivity contribution in [2.24, 2.45) is 5.73 Å². The molecule has 1 aromatic carbocycles. The summed E-state index contributed by atoms with van der Waals surface area (Å²) in [6.07, 6.45) is -1.12. The number of nitrogens with two attached hydrogens (primary N) is 1. The maximum atomic E-state index is 10.1.